The number of carbonyl (C=O) groups is 2. The zero-order valence-electron chi connectivity index (χ0n) is 9.61. The molecule has 0 spiro atoms. The van der Waals surface area contributed by atoms with Crippen molar-refractivity contribution in [3.8, 4) is 0 Å². The standard InChI is InChI=1S/C12H19NO3/c1-7(8-5-6-8)11(14)13-10-4-2-3-9(10)12(15)16/h7-10H,2-6H2,1H3,(H,13,14)(H,15,16)/t7?,9-,10+/m0/s1. The zero-order chi connectivity index (χ0) is 11.7. The quantitative estimate of drug-likeness (QED) is 0.760. The molecule has 0 aliphatic heterocycles. The van der Waals surface area contributed by atoms with Gasteiger partial charge in [-0.05, 0) is 31.6 Å². The first kappa shape index (κ1) is 11.4. The maximum atomic E-state index is 11.8. The fourth-order valence-electron chi connectivity index (χ4n) is 2.55. The van der Waals surface area contributed by atoms with E-state index < -0.39 is 5.97 Å². The Balaban J connectivity index is 1.88. The van der Waals surface area contributed by atoms with Crippen LogP contribution in [0.3, 0.4) is 0 Å². The van der Waals surface area contributed by atoms with Crippen LogP contribution in [0, 0.1) is 17.8 Å². The van der Waals surface area contributed by atoms with Crippen LogP contribution < -0.4 is 5.32 Å². The Hall–Kier alpha value is -1.06. The number of amides is 1. The predicted octanol–water partition coefficient (Wildman–Crippen LogP) is 1.40. The number of aliphatic carboxylic acids is 1. The topological polar surface area (TPSA) is 66.4 Å². The van der Waals surface area contributed by atoms with Gasteiger partial charge in [-0.3, -0.25) is 9.59 Å². The zero-order valence-corrected chi connectivity index (χ0v) is 9.61. The summed E-state index contributed by atoms with van der Waals surface area (Å²) in [7, 11) is 0. The van der Waals surface area contributed by atoms with Gasteiger partial charge in [0, 0.05) is 12.0 Å². The molecule has 3 atom stereocenters. The Kier molecular flexibility index (Phi) is 3.17. The molecule has 2 fully saturated rings. The van der Waals surface area contributed by atoms with Gasteiger partial charge in [-0.25, -0.2) is 0 Å². The fourth-order valence-corrected chi connectivity index (χ4v) is 2.55. The molecule has 4 heteroatoms. The molecule has 0 radical (unpaired) electrons. The van der Waals surface area contributed by atoms with Crippen LogP contribution in [0.25, 0.3) is 0 Å². The van der Waals surface area contributed by atoms with Crippen molar-refractivity contribution >= 4 is 11.9 Å². The number of hydrogen-bond acceptors (Lipinski definition) is 2. The highest BCUT2D eigenvalue weighted by Crippen LogP contribution is 2.37. The van der Waals surface area contributed by atoms with Crippen LogP contribution in [0.2, 0.25) is 0 Å². The molecule has 1 unspecified atom stereocenters. The molecule has 4 nitrogen and oxygen atoms in total. The lowest BCUT2D eigenvalue weighted by Crippen LogP contribution is -2.42. The van der Waals surface area contributed by atoms with Crippen molar-refractivity contribution in [2.45, 2.75) is 45.1 Å². The number of carbonyl (C=O) groups excluding carboxylic acids is 1. The van der Waals surface area contributed by atoms with Crippen LogP contribution in [0.15, 0.2) is 0 Å². The Bertz CT molecular complexity index is 299. The third kappa shape index (κ3) is 2.36. The monoisotopic (exact) mass is 225 g/mol. The first-order chi connectivity index (χ1) is 7.59. The van der Waals surface area contributed by atoms with E-state index in [-0.39, 0.29) is 23.8 Å². The number of nitrogens with one attached hydrogen (secondary N) is 1. The normalized spacial score (nSPS) is 31.1. The van der Waals surface area contributed by atoms with E-state index in [2.05, 4.69) is 5.32 Å². The Morgan fingerprint density at radius 1 is 1.25 bits per heavy atom. The maximum Gasteiger partial charge on any atom is 0.308 e. The molecular formula is C12H19NO3. The van der Waals surface area contributed by atoms with Crippen molar-refractivity contribution in [3.63, 3.8) is 0 Å². The van der Waals surface area contributed by atoms with E-state index >= 15 is 0 Å². The Morgan fingerprint density at radius 3 is 2.50 bits per heavy atom. The summed E-state index contributed by atoms with van der Waals surface area (Å²) in [6, 6.07) is -0.147. The van der Waals surface area contributed by atoms with E-state index in [1.165, 1.54) is 0 Å². The molecule has 90 valence electrons. The highest BCUT2D eigenvalue weighted by atomic mass is 16.4. The summed E-state index contributed by atoms with van der Waals surface area (Å²) in [4.78, 5) is 22.8. The molecule has 2 saturated carbocycles. The molecule has 2 aliphatic carbocycles. The van der Waals surface area contributed by atoms with E-state index in [0.717, 1.165) is 25.7 Å². The molecular weight excluding hydrogens is 206 g/mol. The first-order valence-corrected chi connectivity index (χ1v) is 6.12. The Morgan fingerprint density at radius 2 is 1.94 bits per heavy atom. The predicted molar refractivity (Wildman–Crippen MR) is 58.8 cm³/mol. The second kappa shape index (κ2) is 4.44. The average molecular weight is 225 g/mol. The van der Waals surface area contributed by atoms with Gasteiger partial charge in [-0.15, -0.1) is 0 Å². The van der Waals surface area contributed by atoms with Crippen LogP contribution in [-0.2, 0) is 9.59 Å². The second-order valence-corrected chi connectivity index (χ2v) is 5.12. The second-order valence-electron chi connectivity index (χ2n) is 5.12. The van der Waals surface area contributed by atoms with Crippen molar-refractivity contribution in [3.05, 3.63) is 0 Å². The van der Waals surface area contributed by atoms with Crippen molar-refractivity contribution in [2.75, 3.05) is 0 Å². The minimum atomic E-state index is -0.776. The van der Waals surface area contributed by atoms with Gasteiger partial charge in [0.15, 0.2) is 0 Å². The lowest BCUT2D eigenvalue weighted by Gasteiger charge is -2.20. The van der Waals surface area contributed by atoms with E-state index in [0.29, 0.717) is 12.3 Å². The molecule has 16 heavy (non-hydrogen) atoms. The van der Waals surface area contributed by atoms with E-state index in [1.54, 1.807) is 0 Å². The van der Waals surface area contributed by atoms with Crippen LogP contribution in [0.1, 0.15) is 39.0 Å². The maximum absolute atomic E-state index is 11.8. The summed E-state index contributed by atoms with van der Waals surface area (Å²) in [5, 5.41) is 11.9. The molecule has 0 bridgehead atoms. The van der Waals surface area contributed by atoms with Gasteiger partial charge in [-0.2, -0.15) is 0 Å². The van der Waals surface area contributed by atoms with Gasteiger partial charge in [-0.1, -0.05) is 13.3 Å². The summed E-state index contributed by atoms with van der Waals surface area (Å²) in [5.74, 6) is -0.530. The van der Waals surface area contributed by atoms with Gasteiger partial charge < -0.3 is 10.4 Å². The van der Waals surface area contributed by atoms with Crippen LogP contribution in [-0.4, -0.2) is 23.0 Å². The molecule has 2 N–H and O–H groups in total. The molecule has 2 rings (SSSR count). The molecule has 0 aromatic heterocycles. The third-order valence-corrected chi connectivity index (χ3v) is 3.90. The lowest BCUT2D eigenvalue weighted by molar-refractivity contribution is -0.142. The smallest absolute Gasteiger partial charge is 0.308 e. The SMILES string of the molecule is CC(C(=O)N[C@@H]1CCC[C@@H]1C(=O)O)C1CC1. The van der Waals surface area contributed by atoms with Gasteiger partial charge >= 0.3 is 5.97 Å². The van der Waals surface area contributed by atoms with Gasteiger partial charge in [0.1, 0.15) is 0 Å². The first-order valence-electron chi connectivity index (χ1n) is 6.12. The summed E-state index contributed by atoms with van der Waals surface area (Å²) in [5.41, 5.74) is 0. The summed E-state index contributed by atoms with van der Waals surface area (Å²) in [6.07, 6.45) is 4.68. The average Bonchev–Trinajstić information content (AvgIpc) is 2.97. The fraction of sp³-hybridized carbons (Fsp3) is 0.833. The highest BCUT2D eigenvalue weighted by Gasteiger charge is 2.37. The molecule has 1 amide bonds. The molecule has 0 aromatic carbocycles. The molecule has 0 saturated heterocycles. The lowest BCUT2D eigenvalue weighted by atomic mass is 10.0. The van der Waals surface area contributed by atoms with Gasteiger partial charge in [0.2, 0.25) is 5.91 Å². The van der Waals surface area contributed by atoms with Crippen molar-refractivity contribution in [1.29, 1.82) is 0 Å². The van der Waals surface area contributed by atoms with E-state index in [1.807, 2.05) is 6.92 Å². The Labute approximate surface area is 95.4 Å². The van der Waals surface area contributed by atoms with Crippen molar-refractivity contribution in [2.24, 2.45) is 17.8 Å². The van der Waals surface area contributed by atoms with Crippen molar-refractivity contribution in [1.82, 2.24) is 5.32 Å². The number of carboxylic acid groups (broad SMARTS) is 1. The minimum Gasteiger partial charge on any atom is -0.481 e. The third-order valence-electron chi connectivity index (χ3n) is 3.90. The van der Waals surface area contributed by atoms with Crippen LogP contribution >= 0.6 is 0 Å². The van der Waals surface area contributed by atoms with E-state index in [4.69, 9.17) is 5.11 Å². The molecule has 0 heterocycles. The van der Waals surface area contributed by atoms with Gasteiger partial charge in [0.25, 0.3) is 0 Å². The largest absolute Gasteiger partial charge is 0.481 e. The van der Waals surface area contributed by atoms with Gasteiger partial charge in [0.05, 0.1) is 5.92 Å². The number of hydrogen-bond donors (Lipinski definition) is 2. The summed E-state index contributed by atoms with van der Waals surface area (Å²) < 4.78 is 0. The highest BCUT2D eigenvalue weighted by molar-refractivity contribution is 5.80. The van der Waals surface area contributed by atoms with Crippen LogP contribution in [0.4, 0.5) is 0 Å². The number of rotatable bonds is 4. The summed E-state index contributed by atoms with van der Waals surface area (Å²) in [6.45, 7) is 1.94. The van der Waals surface area contributed by atoms with Crippen molar-refractivity contribution < 1.29 is 14.7 Å². The molecule has 0 aromatic rings. The number of carboxylic acids is 1. The summed E-state index contributed by atoms with van der Waals surface area (Å²) >= 11 is 0. The van der Waals surface area contributed by atoms with Crippen LogP contribution in [0.5, 0.6) is 0 Å². The molecule has 2 aliphatic rings. The van der Waals surface area contributed by atoms with E-state index in [9.17, 15) is 9.59 Å². The minimum absolute atomic E-state index is 0.0423.